The molecule has 0 fully saturated rings. The van der Waals surface area contributed by atoms with Crippen molar-refractivity contribution in [1.29, 1.82) is 0 Å². The van der Waals surface area contributed by atoms with Crippen LogP contribution < -0.4 is 9.47 Å². The Hall–Kier alpha value is -4.32. The highest BCUT2D eigenvalue weighted by Gasteiger charge is 2.31. The lowest BCUT2D eigenvalue weighted by molar-refractivity contribution is -0.145. The van der Waals surface area contributed by atoms with E-state index in [1.54, 1.807) is 0 Å². The van der Waals surface area contributed by atoms with Crippen LogP contribution in [0.3, 0.4) is 0 Å². The van der Waals surface area contributed by atoms with E-state index < -0.39 is 17.4 Å². The number of allylic oxidation sites excluding steroid dienone is 2. The molecule has 0 atom stereocenters. The van der Waals surface area contributed by atoms with Crippen molar-refractivity contribution in [3.05, 3.63) is 119 Å². The van der Waals surface area contributed by atoms with Crippen molar-refractivity contribution in [3.63, 3.8) is 0 Å². The minimum Gasteiger partial charge on any atom is -0.482 e. The molecule has 3 rings (SSSR count). The molecule has 0 aliphatic carbocycles. The van der Waals surface area contributed by atoms with Gasteiger partial charge in [-0.3, -0.25) is 0 Å². The van der Waals surface area contributed by atoms with Gasteiger partial charge in [0.15, 0.2) is 13.2 Å². The fraction of sp³-hybridized carbons (Fsp3) is 0.294. The average Bonchev–Trinajstić information content (AvgIpc) is 2.95. The third kappa shape index (κ3) is 8.87. The second-order valence-corrected chi connectivity index (χ2v) is 10.0. The van der Waals surface area contributed by atoms with Crippen LogP contribution in [0.1, 0.15) is 51.3 Å². The van der Waals surface area contributed by atoms with Crippen LogP contribution >= 0.6 is 0 Å². The number of ether oxygens (including phenoxy) is 4. The van der Waals surface area contributed by atoms with Crippen molar-refractivity contribution in [2.75, 3.05) is 26.4 Å². The molecule has 0 unspecified atom stereocenters. The van der Waals surface area contributed by atoms with Crippen LogP contribution in [0.5, 0.6) is 11.5 Å². The first kappa shape index (κ1) is 30.2. The smallest absolute Gasteiger partial charge is 0.344 e. The van der Waals surface area contributed by atoms with Crippen LogP contribution in [0.25, 0.3) is 0 Å². The molecule has 0 aromatic heterocycles. The van der Waals surface area contributed by atoms with E-state index in [1.807, 2.05) is 107 Å². The number of carbonyl (C=O) groups is 2. The molecule has 6 nitrogen and oxygen atoms in total. The molecule has 0 radical (unpaired) electrons. The van der Waals surface area contributed by atoms with E-state index in [0.717, 1.165) is 27.8 Å². The summed E-state index contributed by atoms with van der Waals surface area (Å²) in [5.74, 6) is 0.329. The van der Waals surface area contributed by atoms with Crippen LogP contribution in [-0.2, 0) is 24.5 Å². The number of hydrogen-bond acceptors (Lipinski definition) is 6. The zero-order valence-electron chi connectivity index (χ0n) is 23.9. The quantitative estimate of drug-likeness (QED) is 0.134. The summed E-state index contributed by atoms with van der Waals surface area (Å²) in [5.41, 5.74) is 4.90. The minimum atomic E-state index is -0.481. The van der Waals surface area contributed by atoms with Gasteiger partial charge in [0.1, 0.15) is 24.7 Å². The molecule has 0 bridgehead atoms. The van der Waals surface area contributed by atoms with Gasteiger partial charge in [-0.1, -0.05) is 65.7 Å². The predicted octanol–water partition coefficient (Wildman–Crippen LogP) is 6.82. The standard InChI is InChI=1S/C34H38O6/c1-25(2)19-21-37-32(35)23-39-30-15-11-28(12-16-30)34(5,27-9-7-6-8-10-27)29-13-17-31(18-14-29)40-24-33(36)38-22-20-26(3)4/h6-20H,21-24H2,1-5H3. The van der Waals surface area contributed by atoms with Crippen molar-refractivity contribution in [3.8, 4) is 11.5 Å². The average molecular weight is 543 g/mol. The summed E-state index contributed by atoms with van der Waals surface area (Å²) in [4.78, 5) is 23.9. The molecule has 210 valence electrons. The van der Waals surface area contributed by atoms with Gasteiger partial charge in [0.05, 0.1) is 0 Å². The van der Waals surface area contributed by atoms with E-state index >= 15 is 0 Å². The Kier molecular flexibility index (Phi) is 11.1. The topological polar surface area (TPSA) is 71.1 Å². The fourth-order valence-electron chi connectivity index (χ4n) is 4.01. The summed E-state index contributed by atoms with van der Waals surface area (Å²) in [7, 11) is 0. The van der Waals surface area contributed by atoms with Gasteiger partial charge in [-0.15, -0.1) is 0 Å². The van der Waals surface area contributed by atoms with Crippen molar-refractivity contribution in [1.82, 2.24) is 0 Å². The Bertz CT molecular complexity index is 1220. The van der Waals surface area contributed by atoms with E-state index in [1.165, 1.54) is 0 Å². The Morgan fingerprint density at radius 2 is 0.975 bits per heavy atom. The third-order valence-electron chi connectivity index (χ3n) is 6.40. The molecule has 6 heteroatoms. The van der Waals surface area contributed by atoms with Gasteiger partial charge in [0.25, 0.3) is 0 Å². The maximum Gasteiger partial charge on any atom is 0.344 e. The molecule has 0 saturated heterocycles. The first-order valence-corrected chi connectivity index (χ1v) is 13.3. The lowest BCUT2D eigenvalue weighted by Crippen LogP contribution is -2.25. The molecule has 3 aromatic carbocycles. The Balaban J connectivity index is 1.72. The van der Waals surface area contributed by atoms with E-state index in [4.69, 9.17) is 18.9 Å². The molecule has 3 aromatic rings. The summed E-state index contributed by atoms with van der Waals surface area (Å²) in [6.07, 6.45) is 3.69. The molecule has 40 heavy (non-hydrogen) atoms. The molecule has 0 aliphatic rings. The molecular weight excluding hydrogens is 504 g/mol. The Morgan fingerprint density at radius 1 is 0.600 bits per heavy atom. The minimum absolute atomic E-state index is 0.157. The number of esters is 2. The summed E-state index contributed by atoms with van der Waals surface area (Å²) >= 11 is 0. The van der Waals surface area contributed by atoms with Crippen LogP contribution in [0.4, 0.5) is 0 Å². The van der Waals surface area contributed by atoms with Crippen LogP contribution in [-0.4, -0.2) is 38.4 Å². The maximum atomic E-state index is 12.0. The van der Waals surface area contributed by atoms with E-state index in [9.17, 15) is 9.59 Å². The molecular formula is C34H38O6. The van der Waals surface area contributed by atoms with Gasteiger partial charge < -0.3 is 18.9 Å². The molecule has 0 N–H and O–H groups in total. The van der Waals surface area contributed by atoms with E-state index in [2.05, 4.69) is 19.1 Å². The normalized spacial score (nSPS) is 10.7. The largest absolute Gasteiger partial charge is 0.482 e. The summed E-state index contributed by atoms with van der Waals surface area (Å²) in [5, 5.41) is 0. The van der Waals surface area contributed by atoms with Crippen LogP contribution in [0.15, 0.2) is 102 Å². The highest BCUT2D eigenvalue weighted by atomic mass is 16.6. The summed E-state index contributed by atoms with van der Waals surface area (Å²) in [6.45, 7) is 10.1. The molecule has 0 heterocycles. The monoisotopic (exact) mass is 542 g/mol. The van der Waals surface area contributed by atoms with E-state index in [-0.39, 0.29) is 26.4 Å². The first-order chi connectivity index (χ1) is 19.2. The summed E-state index contributed by atoms with van der Waals surface area (Å²) < 4.78 is 21.6. The molecule has 0 saturated carbocycles. The Morgan fingerprint density at radius 3 is 1.35 bits per heavy atom. The van der Waals surface area contributed by atoms with Crippen molar-refractivity contribution >= 4 is 11.9 Å². The van der Waals surface area contributed by atoms with Crippen molar-refractivity contribution < 1.29 is 28.5 Å². The van der Waals surface area contributed by atoms with Crippen molar-refractivity contribution in [2.24, 2.45) is 0 Å². The van der Waals surface area contributed by atoms with Gasteiger partial charge in [0.2, 0.25) is 0 Å². The zero-order valence-corrected chi connectivity index (χ0v) is 23.9. The SMILES string of the molecule is CC(C)=CCOC(=O)COc1ccc(C(C)(c2ccccc2)c2ccc(OCC(=O)OCC=C(C)C)cc2)cc1. The molecule has 0 spiro atoms. The van der Waals surface area contributed by atoms with Gasteiger partial charge >= 0.3 is 11.9 Å². The number of rotatable bonds is 13. The zero-order chi connectivity index (χ0) is 29.0. The third-order valence-corrected chi connectivity index (χ3v) is 6.40. The summed E-state index contributed by atoms with van der Waals surface area (Å²) in [6, 6.07) is 25.7. The Labute approximate surface area is 237 Å². The van der Waals surface area contributed by atoms with Gasteiger partial charge in [0, 0.05) is 5.41 Å². The number of hydrogen-bond donors (Lipinski definition) is 0. The van der Waals surface area contributed by atoms with Gasteiger partial charge in [-0.05, 0) is 87.7 Å². The van der Waals surface area contributed by atoms with E-state index in [0.29, 0.717) is 11.5 Å². The second kappa shape index (κ2) is 14.7. The number of carbonyl (C=O) groups excluding carboxylic acids is 2. The van der Waals surface area contributed by atoms with Gasteiger partial charge in [-0.25, -0.2) is 9.59 Å². The second-order valence-electron chi connectivity index (χ2n) is 10.0. The first-order valence-electron chi connectivity index (χ1n) is 13.3. The highest BCUT2D eigenvalue weighted by Crippen LogP contribution is 2.39. The maximum absolute atomic E-state index is 12.0. The van der Waals surface area contributed by atoms with Crippen molar-refractivity contribution in [2.45, 2.75) is 40.0 Å². The molecule has 0 aliphatic heterocycles. The predicted molar refractivity (Wildman–Crippen MR) is 157 cm³/mol. The van der Waals surface area contributed by atoms with Crippen LogP contribution in [0, 0.1) is 0 Å². The fourth-order valence-corrected chi connectivity index (χ4v) is 4.01. The number of benzene rings is 3. The molecule has 0 amide bonds. The highest BCUT2D eigenvalue weighted by molar-refractivity contribution is 5.71. The van der Waals surface area contributed by atoms with Crippen LogP contribution in [0.2, 0.25) is 0 Å². The lowest BCUT2D eigenvalue weighted by Gasteiger charge is -2.32. The van der Waals surface area contributed by atoms with Gasteiger partial charge in [-0.2, -0.15) is 0 Å². The lowest BCUT2D eigenvalue weighted by atomic mass is 9.71.